The van der Waals surface area contributed by atoms with E-state index in [1.54, 1.807) is 11.3 Å². The number of thiophene rings is 1. The van der Waals surface area contributed by atoms with Crippen LogP contribution in [0.4, 0.5) is 0 Å². The van der Waals surface area contributed by atoms with Crippen LogP contribution in [0.1, 0.15) is 55.5 Å². The van der Waals surface area contributed by atoms with E-state index in [9.17, 15) is 0 Å². The summed E-state index contributed by atoms with van der Waals surface area (Å²) in [6.07, 6.45) is 2.29. The van der Waals surface area contributed by atoms with Gasteiger partial charge in [-0.05, 0) is 47.9 Å². The molecule has 0 amide bonds. The second kappa shape index (κ2) is 7.72. The van der Waals surface area contributed by atoms with Crippen LogP contribution in [0.3, 0.4) is 0 Å². The van der Waals surface area contributed by atoms with E-state index in [-0.39, 0.29) is 0 Å². The third-order valence-corrected chi connectivity index (χ3v) is 5.94. The molecule has 0 N–H and O–H groups in total. The van der Waals surface area contributed by atoms with Gasteiger partial charge in [0, 0.05) is 13.1 Å². The minimum atomic E-state index is 0.333. The number of rotatable bonds is 5. The lowest BCUT2D eigenvalue weighted by atomic mass is 9.97. The molecule has 1 atom stereocenters. The molecule has 26 heavy (non-hydrogen) atoms. The number of hydrogen-bond acceptors (Lipinski definition) is 5. The molecule has 2 aromatic heterocycles. The monoisotopic (exact) mass is 367 g/mol. The molecule has 0 radical (unpaired) electrons. The number of benzene rings is 1. The predicted molar refractivity (Wildman–Crippen MR) is 105 cm³/mol. The molecule has 0 bridgehead atoms. The lowest BCUT2D eigenvalue weighted by Gasteiger charge is -2.31. The Kier molecular flexibility index (Phi) is 5.18. The molecule has 5 heteroatoms. The van der Waals surface area contributed by atoms with Crippen LogP contribution in [0.15, 0.2) is 46.2 Å². The highest BCUT2D eigenvalue weighted by Gasteiger charge is 2.26. The smallest absolute Gasteiger partial charge is 0.257 e. The van der Waals surface area contributed by atoms with Gasteiger partial charge in [-0.2, -0.15) is 0 Å². The van der Waals surface area contributed by atoms with Gasteiger partial charge in [0.05, 0.1) is 10.8 Å². The molecule has 4 rings (SSSR count). The number of nitrogens with zero attached hydrogens (tertiary/aromatic N) is 3. The number of aromatic nitrogens is 2. The van der Waals surface area contributed by atoms with E-state index in [4.69, 9.17) is 4.42 Å². The molecule has 4 nitrogen and oxygen atoms in total. The van der Waals surface area contributed by atoms with Crippen LogP contribution in [0.2, 0.25) is 0 Å². The van der Waals surface area contributed by atoms with Crippen molar-refractivity contribution in [3.63, 3.8) is 0 Å². The van der Waals surface area contributed by atoms with Crippen LogP contribution < -0.4 is 0 Å². The van der Waals surface area contributed by atoms with E-state index in [2.05, 4.69) is 53.2 Å². The summed E-state index contributed by atoms with van der Waals surface area (Å²) < 4.78 is 5.97. The summed E-state index contributed by atoms with van der Waals surface area (Å²) in [4.78, 5) is 3.55. The van der Waals surface area contributed by atoms with Gasteiger partial charge in [0.15, 0.2) is 0 Å². The highest BCUT2D eigenvalue weighted by Crippen LogP contribution is 2.30. The maximum Gasteiger partial charge on any atom is 0.257 e. The van der Waals surface area contributed by atoms with Crippen LogP contribution in [-0.2, 0) is 6.54 Å². The Hall–Kier alpha value is -1.98. The van der Waals surface area contributed by atoms with Gasteiger partial charge in [-0.3, -0.25) is 4.90 Å². The van der Waals surface area contributed by atoms with Crippen molar-refractivity contribution < 1.29 is 4.42 Å². The topological polar surface area (TPSA) is 42.2 Å². The molecule has 1 saturated heterocycles. The van der Waals surface area contributed by atoms with E-state index >= 15 is 0 Å². The van der Waals surface area contributed by atoms with Crippen molar-refractivity contribution in [2.24, 2.45) is 0 Å². The van der Waals surface area contributed by atoms with Crippen LogP contribution in [-0.4, -0.2) is 28.2 Å². The van der Waals surface area contributed by atoms with E-state index in [0.29, 0.717) is 17.7 Å². The Morgan fingerprint density at radius 3 is 2.77 bits per heavy atom. The molecule has 0 aliphatic carbocycles. The second-order valence-electron chi connectivity index (χ2n) is 7.39. The SMILES string of the molecule is CC(C)c1ccc(CN2CCC[C@@H](c3nnc(-c4cccs4)o3)C2)cc1. The van der Waals surface area contributed by atoms with Gasteiger partial charge in [0.2, 0.25) is 5.89 Å². The summed E-state index contributed by atoms with van der Waals surface area (Å²) >= 11 is 1.63. The quantitative estimate of drug-likeness (QED) is 0.613. The summed E-state index contributed by atoms with van der Waals surface area (Å²) in [6.45, 7) is 7.57. The third kappa shape index (κ3) is 3.89. The fourth-order valence-electron chi connectivity index (χ4n) is 3.57. The van der Waals surface area contributed by atoms with Crippen LogP contribution in [0.5, 0.6) is 0 Å². The first-order chi connectivity index (χ1) is 12.7. The van der Waals surface area contributed by atoms with Crippen molar-refractivity contribution in [2.45, 2.75) is 45.1 Å². The molecule has 1 aliphatic heterocycles. The average Bonchev–Trinajstić information content (AvgIpc) is 3.34. The molecule has 1 aliphatic rings. The zero-order valence-corrected chi connectivity index (χ0v) is 16.2. The van der Waals surface area contributed by atoms with Gasteiger partial charge in [0.25, 0.3) is 5.89 Å². The summed E-state index contributed by atoms with van der Waals surface area (Å²) in [5, 5.41) is 10.6. The maximum atomic E-state index is 5.97. The normalized spacial score (nSPS) is 18.5. The zero-order valence-electron chi connectivity index (χ0n) is 15.4. The van der Waals surface area contributed by atoms with Gasteiger partial charge in [-0.1, -0.05) is 44.2 Å². The first-order valence-electron chi connectivity index (χ1n) is 9.37. The van der Waals surface area contributed by atoms with Crippen LogP contribution in [0.25, 0.3) is 10.8 Å². The molecule has 0 unspecified atom stereocenters. The fourth-order valence-corrected chi connectivity index (χ4v) is 4.21. The van der Waals surface area contributed by atoms with Gasteiger partial charge >= 0.3 is 0 Å². The first kappa shape index (κ1) is 17.4. The molecule has 3 aromatic rings. The summed E-state index contributed by atoms with van der Waals surface area (Å²) in [5.74, 6) is 2.35. The number of likely N-dealkylation sites (tertiary alicyclic amines) is 1. The van der Waals surface area contributed by atoms with E-state index in [1.165, 1.54) is 17.5 Å². The largest absolute Gasteiger partial charge is 0.420 e. The standard InChI is InChI=1S/C21H25N3OS/c1-15(2)17-9-7-16(8-10-17)13-24-11-3-5-18(14-24)20-22-23-21(25-20)19-6-4-12-26-19/h4,6-10,12,15,18H,3,5,11,13-14H2,1-2H3/t18-/m1/s1. The van der Waals surface area contributed by atoms with Crippen molar-refractivity contribution in [1.29, 1.82) is 0 Å². The molecule has 1 aromatic carbocycles. The Bertz CT molecular complexity index is 823. The van der Waals surface area contributed by atoms with Crippen molar-refractivity contribution in [3.8, 4) is 10.8 Å². The Labute approximate surface area is 158 Å². The molecular weight excluding hydrogens is 342 g/mol. The lowest BCUT2D eigenvalue weighted by Crippen LogP contribution is -2.34. The maximum absolute atomic E-state index is 5.97. The minimum Gasteiger partial charge on any atom is -0.420 e. The van der Waals surface area contributed by atoms with E-state index < -0.39 is 0 Å². The van der Waals surface area contributed by atoms with E-state index in [1.807, 2.05) is 17.5 Å². The Balaban J connectivity index is 1.41. The average molecular weight is 368 g/mol. The Morgan fingerprint density at radius 2 is 2.04 bits per heavy atom. The first-order valence-corrected chi connectivity index (χ1v) is 10.3. The van der Waals surface area contributed by atoms with Crippen LogP contribution >= 0.6 is 11.3 Å². The summed E-state index contributed by atoms with van der Waals surface area (Å²) in [6, 6.07) is 13.1. The lowest BCUT2D eigenvalue weighted by molar-refractivity contribution is 0.186. The molecule has 3 heterocycles. The van der Waals surface area contributed by atoms with Crippen molar-refractivity contribution >= 4 is 11.3 Å². The minimum absolute atomic E-state index is 0.333. The second-order valence-corrected chi connectivity index (χ2v) is 8.34. The fraction of sp³-hybridized carbons (Fsp3) is 0.429. The third-order valence-electron chi connectivity index (χ3n) is 5.08. The van der Waals surface area contributed by atoms with Crippen molar-refractivity contribution in [3.05, 3.63) is 58.8 Å². The molecule has 0 spiro atoms. The van der Waals surface area contributed by atoms with Gasteiger partial charge in [-0.25, -0.2) is 0 Å². The predicted octanol–water partition coefficient (Wildman–Crippen LogP) is 5.30. The van der Waals surface area contributed by atoms with E-state index in [0.717, 1.165) is 36.8 Å². The highest BCUT2D eigenvalue weighted by molar-refractivity contribution is 7.13. The zero-order chi connectivity index (χ0) is 17.9. The van der Waals surface area contributed by atoms with Crippen molar-refractivity contribution in [1.82, 2.24) is 15.1 Å². The molecular formula is C21H25N3OS. The summed E-state index contributed by atoms with van der Waals surface area (Å²) in [7, 11) is 0. The van der Waals surface area contributed by atoms with Gasteiger partial charge in [0.1, 0.15) is 0 Å². The number of hydrogen-bond donors (Lipinski definition) is 0. The summed E-state index contributed by atoms with van der Waals surface area (Å²) in [5.41, 5.74) is 2.78. The Morgan fingerprint density at radius 1 is 1.19 bits per heavy atom. The number of piperidine rings is 1. The molecule has 1 fully saturated rings. The molecule has 136 valence electrons. The van der Waals surface area contributed by atoms with Gasteiger partial charge in [-0.15, -0.1) is 21.5 Å². The van der Waals surface area contributed by atoms with Crippen LogP contribution in [0, 0.1) is 0 Å². The molecule has 0 saturated carbocycles. The highest BCUT2D eigenvalue weighted by atomic mass is 32.1. The van der Waals surface area contributed by atoms with Crippen molar-refractivity contribution in [2.75, 3.05) is 13.1 Å². The van der Waals surface area contributed by atoms with Gasteiger partial charge < -0.3 is 4.42 Å².